The van der Waals surface area contributed by atoms with E-state index in [0.717, 1.165) is 0 Å². The third-order valence-corrected chi connectivity index (χ3v) is 2.10. The molecule has 0 N–H and O–H groups in total. The zero-order valence-corrected chi connectivity index (χ0v) is 11.9. The number of carbonyl (C=O) groups excluding carboxylic acids is 2. The Hall–Kier alpha value is 0.940. The van der Waals surface area contributed by atoms with Crippen molar-refractivity contribution >= 4 is 11.9 Å². The standard InChI is InChI=1S/C7H10O4.2Na/c8-6(9)4-1-2-5(3-4)7(10)11;;/h4-5H,1-3H2,(H,8,9)(H,10,11);;/q;2*+1/p-2. The summed E-state index contributed by atoms with van der Waals surface area (Å²) >= 11 is 0. The molecule has 1 saturated carbocycles. The summed E-state index contributed by atoms with van der Waals surface area (Å²) in [6, 6.07) is 0. The molecule has 62 valence electrons. The minimum absolute atomic E-state index is 0. The Labute approximate surface area is 121 Å². The second kappa shape index (κ2) is 7.26. The van der Waals surface area contributed by atoms with Crippen molar-refractivity contribution in [2.24, 2.45) is 11.8 Å². The van der Waals surface area contributed by atoms with Crippen LogP contribution in [0.4, 0.5) is 0 Å². The Morgan fingerprint density at radius 2 is 1.23 bits per heavy atom. The largest absolute Gasteiger partial charge is 1.00 e. The third-order valence-electron chi connectivity index (χ3n) is 2.10. The Bertz CT molecular complexity index is 175. The first-order chi connectivity index (χ1) is 5.11. The molecule has 1 aliphatic carbocycles. The molecule has 0 amide bonds. The van der Waals surface area contributed by atoms with Crippen molar-refractivity contribution in [1.82, 2.24) is 0 Å². The maximum Gasteiger partial charge on any atom is 1.00 e. The number of carboxylic acids is 2. The van der Waals surface area contributed by atoms with E-state index < -0.39 is 23.8 Å². The van der Waals surface area contributed by atoms with E-state index in [-0.39, 0.29) is 65.5 Å². The van der Waals surface area contributed by atoms with Gasteiger partial charge in [0.15, 0.2) is 0 Å². The topological polar surface area (TPSA) is 80.3 Å². The fourth-order valence-electron chi connectivity index (χ4n) is 1.41. The monoisotopic (exact) mass is 202 g/mol. The van der Waals surface area contributed by atoms with E-state index in [4.69, 9.17) is 0 Å². The van der Waals surface area contributed by atoms with Crippen LogP contribution in [0.5, 0.6) is 0 Å². The van der Waals surface area contributed by atoms with Crippen molar-refractivity contribution in [2.45, 2.75) is 19.3 Å². The van der Waals surface area contributed by atoms with E-state index in [1.807, 2.05) is 0 Å². The molecule has 0 heterocycles. The van der Waals surface area contributed by atoms with Crippen LogP contribution in [0.1, 0.15) is 19.3 Å². The molecule has 6 heteroatoms. The predicted molar refractivity (Wildman–Crippen MR) is 30.8 cm³/mol. The van der Waals surface area contributed by atoms with E-state index in [2.05, 4.69) is 0 Å². The van der Waals surface area contributed by atoms with Gasteiger partial charge in [-0.15, -0.1) is 0 Å². The summed E-state index contributed by atoms with van der Waals surface area (Å²) in [4.78, 5) is 20.5. The number of aliphatic carboxylic acids is 2. The zero-order valence-electron chi connectivity index (χ0n) is 7.91. The van der Waals surface area contributed by atoms with E-state index in [1.165, 1.54) is 0 Å². The van der Waals surface area contributed by atoms with Crippen molar-refractivity contribution in [2.75, 3.05) is 0 Å². The second-order valence-electron chi connectivity index (χ2n) is 2.84. The summed E-state index contributed by atoms with van der Waals surface area (Å²) < 4.78 is 0. The molecule has 0 bridgehead atoms. The Morgan fingerprint density at radius 3 is 1.38 bits per heavy atom. The van der Waals surface area contributed by atoms with Crippen LogP contribution in [0, 0.1) is 11.8 Å². The Balaban J connectivity index is 0. The molecule has 1 aliphatic rings. The van der Waals surface area contributed by atoms with Crippen LogP contribution in [0.3, 0.4) is 0 Å². The molecule has 0 radical (unpaired) electrons. The summed E-state index contributed by atoms with van der Waals surface area (Å²) in [7, 11) is 0. The number of hydrogen-bond donors (Lipinski definition) is 0. The van der Waals surface area contributed by atoms with Crippen molar-refractivity contribution in [1.29, 1.82) is 0 Å². The van der Waals surface area contributed by atoms with Crippen LogP contribution in [0.2, 0.25) is 0 Å². The average molecular weight is 202 g/mol. The summed E-state index contributed by atoms with van der Waals surface area (Å²) in [6.45, 7) is 0. The van der Waals surface area contributed by atoms with Crippen molar-refractivity contribution in [3.05, 3.63) is 0 Å². The first-order valence-electron chi connectivity index (χ1n) is 3.53. The van der Waals surface area contributed by atoms with Gasteiger partial charge in [0.2, 0.25) is 0 Å². The number of rotatable bonds is 2. The van der Waals surface area contributed by atoms with Gasteiger partial charge in [-0.25, -0.2) is 0 Å². The van der Waals surface area contributed by atoms with Gasteiger partial charge in [0.1, 0.15) is 0 Å². The first kappa shape index (κ1) is 16.4. The second-order valence-corrected chi connectivity index (χ2v) is 2.84. The molecule has 0 aromatic carbocycles. The SMILES string of the molecule is O=C([O-])C1CCC(C(=O)[O-])C1.[Na+].[Na+]. The summed E-state index contributed by atoms with van der Waals surface area (Å²) in [6.07, 6.45) is 0.979. The van der Waals surface area contributed by atoms with Crippen molar-refractivity contribution in [3.8, 4) is 0 Å². The van der Waals surface area contributed by atoms with Crippen LogP contribution in [-0.2, 0) is 9.59 Å². The fourth-order valence-corrected chi connectivity index (χ4v) is 1.41. The molecular formula is C7H8Na2O4. The maximum atomic E-state index is 10.2. The van der Waals surface area contributed by atoms with Crippen LogP contribution in [0.25, 0.3) is 0 Å². The van der Waals surface area contributed by atoms with Gasteiger partial charge in [-0.05, 0) is 31.1 Å². The molecule has 0 aliphatic heterocycles. The predicted octanol–water partition coefficient (Wildman–Crippen LogP) is -8.09. The van der Waals surface area contributed by atoms with E-state index in [1.54, 1.807) is 0 Å². The van der Waals surface area contributed by atoms with Crippen LogP contribution in [0.15, 0.2) is 0 Å². The average Bonchev–Trinajstić information content (AvgIpc) is 2.33. The normalized spacial score (nSPS) is 25.5. The Kier molecular flexibility index (Phi) is 9.14. The van der Waals surface area contributed by atoms with Gasteiger partial charge in [-0.1, -0.05) is 0 Å². The molecule has 1 fully saturated rings. The molecule has 0 aromatic rings. The van der Waals surface area contributed by atoms with Gasteiger partial charge in [0, 0.05) is 11.9 Å². The maximum absolute atomic E-state index is 10.2. The fraction of sp³-hybridized carbons (Fsp3) is 0.714. The van der Waals surface area contributed by atoms with Gasteiger partial charge in [0.25, 0.3) is 0 Å². The van der Waals surface area contributed by atoms with Crippen molar-refractivity contribution in [3.63, 3.8) is 0 Å². The van der Waals surface area contributed by atoms with Gasteiger partial charge < -0.3 is 19.8 Å². The minimum atomic E-state index is -1.14. The Morgan fingerprint density at radius 1 is 0.923 bits per heavy atom. The van der Waals surface area contributed by atoms with Gasteiger partial charge in [0.05, 0.1) is 0 Å². The van der Waals surface area contributed by atoms with Crippen LogP contribution >= 0.6 is 0 Å². The number of hydrogen-bond acceptors (Lipinski definition) is 4. The zero-order chi connectivity index (χ0) is 8.43. The third kappa shape index (κ3) is 4.81. The molecule has 1 rings (SSSR count). The number of carbonyl (C=O) groups is 2. The van der Waals surface area contributed by atoms with Crippen LogP contribution < -0.4 is 69.3 Å². The quantitative estimate of drug-likeness (QED) is 0.416. The smallest absolute Gasteiger partial charge is 0.550 e. The summed E-state index contributed by atoms with van der Waals surface area (Å²) in [5.41, 5.74) is 0. The number of carboxylic acid groups (broad SMARTS) is 2. The molecule has 0 aromatic heterocycles. The molecule has 2 atom stereocenters. The summed E-state index contributed by atoms with van der Waals surface area (Å²) in [5, 5.41) is 20.5. The van der Waals surface area contributed by atoms with Gasteiger partial charge in [-0.2, -0.15) is 0 Å². The molecule has 2 unspecified atom stereocenters. The van der Waals surface area contributed by atoms with E-state index in [9.17, 15) is 19.8 Å². The van der Waals surface area contributed by atoms with E-state index >= 15 is 0 Å². The molecule has 4 nitrogen and oxygen atoms in total. The van der Waals surface area contributed by atoms with Crippen LogP contribution in [-0.4, -0.2) is 11.9 Å². The molecule has 0 spiro atoms. The van der Waals surface area contributed by atoms with E-state index in [0.29, 0.717) is 12.8 Å². The first-order valence-corrected chi connectivity index (χ1v) is 3.53. The van der Waals surface area contributed by atoms with Gasteiger partial charge >= 0.3 is 59.1 Å². The molecule has 13 heavy (non-hydrogen) atoms. The minimum Gasteiger partial charge on any atom is -0.550 e. The summed E-state index contributed by atoms with van der Waals surface area (Å²) in [5.74, 6) is -3.46. The van der Waals surface area contributed by atoms with Gasteiger partial charge in [-0.3, -0.25) is 0 Å². The van der Waals surface area contributed by atoms with Crippen molar-refractivity contribution < 1.29 is 78.9 Å². The molecule has 0 saturated heterocycles. The molecular weight excluding hydrogens is 194 g/mol.